The van der Waals surface area contributed by atoms with Crippen molar-refractivity contribution in [2.24, 2.45) is 0 Å². The molecule has 1 fully saturated rings. The lowest BCUT2D eigenvalue weighted by Crippen LogP contribution is -2.43. The molecule has 0 radical (unpaired) electrons. The molecule has 17 heavy (non-hydrogen) atoms. The van der Waals surface area contributed by atoms with E-state index in [0.29, 0.717) is 6.54 Å². The van der Waals surface area contributed by atoms with Gasteiger partial charge in [0.05, 0.1) is 6.26 Å². The molecule has 0 spiro atoms. The molecule has 1 atom stereocenters. The smallest absolute Gasteiger partial charge is 0.211 e. The molecule has 1 aromatic rings. The zero-order valence-electron chi connectivity index (χ0n) is 10.1. The van der Waals surface area contributed by atoms with Crippen LogP contribution in [0.25, 0.3) is 0 Å². The van der Waals surface area contributed by atoms with Crippen LogP contribution in [0.15, 0.2) is 18.5 Å². The van der Waals surface area contributed by atoms with Crippen LogP contribution in [0.5, 0.6) is 0 Å². The molecule has 2 rings (SSSR count). The Balaban J connectivity index is 1.97. The van der Waals surface area contributed by atoms with Gasteiger partial charge in [-0.15, -0.1) is 0 Å². The highest BCUT2D eigenvalue weighted by molar-refractivity contribution is 7.88. The first-order valence-electron chi connectivity index (χ1n) is 6.01. The van der Waals surface area contributed by atoms with Crippen LogP contribution in [0, 0.1) is 0 Å². The van der Waals surface area contributed by atoms with E-state index in [1.807, 2.05) is 16.9 Å². The van der Waals surface area contributed by atoms with Gasteiger partial charge in [0.15, 0.2) is 0 Å². The first-order chi connectivity index (χ1) is 8.07. The van der Waals surface area contributed by atoms with E-state index >= 15 is 0 Å². The van der Waals surface area contributed by atoms with Crippen LogP contribution < -0.4 is 0 Å². The molecular weight excluding hydrogens is 238 g/mol. The highest BCUT2D eigenvalue weighted by Crippen LogP contribution is 2.22. The summed E-state index contributed by atoms with van der Waals surface area (Å²) in [4.78, 5) is 0. The molecular formula is C11H19N3O2S. The standard InChI is InChI=1S/C11H19N3O2S/c1-17(15,16)14-9-3-2-5-11(14)6-10-13-8-4-7-12-13/h4,7-8,11H,2-3,5-6,9-10H2,1H3. The van der Waals surface area contributed by atoms with E-state index in [2.05, 4.69) is 5.10 Å². The predicted octanol–water partition coefficient (Wildman–Crippen LogP) is 1.09. The fraction of sp³-hybridized carbons (Fsp3) is 0.727. The molecule has 5 nitrogen and oxygen atoms in total. The van der Waals surface area contributed by atoms with E-state index in [9.17, 15) is 8.42 Å². The minimum Gasteiger partial charge on any atom is -0.273 e. The van der Waals surface area contributed by atoms with Gasteiger partial charge in [-0.05, 0) is 25.3 Å². The van der Waals surface area contributed by atoms with Gasteiger partial charge in [0.1, 0.15) is 0 Å². The van der Waals surface area contributed by atoms with Gasteiger partial charge in [0.25, 0.3) is 0 Å². The molecule has 6 heteroatoms. The highest BCUT2D eigenvalue weighted by atomic mass is 32.2. The summed E-state index contributed by atoms with van der Waals surface area (Å²) in [5.74, 6) is 0. The normalized spacial score (nSPS) is 22.8. The van der Waals surface area contributed by atoms with Crippen LogP contribution in [0.1, 0.15) is 25.7 Å². The fourth-order valence-electron chi connectivity index (χ4n) is 2.41. The Morgan fingerprint density at radius 1 is 1.41 bits per heavy atom. The van der Waals surface area contributed by atoms with E-state index in [4.69, 9.17) is 0 Å². The highest BCUT2D eigenvalue weighted by Gasteiger charge is 2.28. The first kappa shape index (κ1) is 12.6. The monoisotopic (exact) mass is 257 g/mol. The lowest BCUT2D eigenvalue weighted by Gasteiger charge is -2.33. The zero-order valence-corrected chi connectivity index (χ0v) is 10.9. The molecule has 1 unspecified atom stereocenters. The van der Waals surface area contributed by atoms with Crippen molar-refractivity contribution in [2.45, 2.75) is 38.3 Å². The SMILES string of the molecule is CS(=O)(=O)N1CCCCC1CCn1cccn1. The summed E-state index contributed by atoms with van der Waals surface area (Å²) < 4.78 is 26.8. The second-order valence-corrected chi connectivity index (χ2v) is 6.52. The summed E-state index contributed by atoms with van der Waals surface area (Å²) in [6, 6.07) is 2.03. The van der Waals surface area contributed by atoms with Gasteiger partial charge >= 0.3 is 0 Å². The number of sulfonamides is 1. The molecule has 96 valence electrons. The third kappa shape index (κ3) is 3.29. The number of hydrogen-bond acceptors (Lipinski definition) is 3. The summed E-state index contributed by atoms with van der Waals surface area (Å²) >= 11 is 0. The number of aryl methyl sites for hydroxylation is 1. The quantitative estimate of drug-likeness (QED) is 0.811. The maximum absolute atomic E-state index is 11.7. The molecule has 2 heterocycles. The van der Waals surface area contributed by atoms with Crippen molar-refractivity contribution in [3.63, 3.8) is 0 Å². The van der Waals surface area contributed by atoms with Crippen LogP contribution in [0.4, 0.5) is 0 Å². The van der Waals surface area contributed by atoms with Crippen LogP contribution >= 0.6 is 0 Å². The van der Waals surface area contributed by atoms with Crippen molar-refractivity contribution in [3.05, 3.63) is 18.5 Å². The largest absolute Gasteiger partial charge is 0.273 e. The van der Waals surface area contributed by atoms with E-state index in [0.717, 1.165) is 32.2 Å². The average molecular weight is 257 g/mol. The van der Waals surface area contributed by atoms with Crippen molar-refractivity contribution in [1.29, 1.82) is 0 Å². The molecule has 1 aliphatic rings. The zero-order chi connectivity index (χ0) is 12.3. The number of nitrogens with zero attached hydrogens (tertiary/aromatic N) is 3. The summed E-state index contributed by atoms with van der Waals surface area (Å²) in [5.41, 5.74) is 0. The molecule has 0 saturated carbocycles. The van der Waals surface area contributed by atoms with Crippen molar-refractivity contribution in [1.82, 2.24) is 14.1 Å². The first-order valence-corrected chi connectivity index (χ1v) is 7.86. The topological polar surface area (TPSA) is 55.2 Å². The van der Waals surface area contributed by atoms with Crippen LogP contribution in [0.3, 0.4) is 0 Å². The van der Waals surface area contributed by atoms with Crippen molar-refractivity contribution in [3.8, 4) is 0 Å². The Kier molecular flexibility index (Phi) is 3.83. The maximum Gasteiger partial charge on any atom is 0.211 e. The summed E-state index contributed by atoms with van der Waals surface area (Å²) in [6.45, 7) is 1.45. The molecule has 0 aliphatic carbocycles. The molecule has 1 saturated heterocycles. The third-order valence-corrected chi connectivity index (χ3v) is 4.58. The molecule has 1 aromatic heterocycles. The Morgan fingerprint density at radius 3 is 2.88 bits per heavy atom. The second-order valence-electron chi connectivity index (χ2n) is 4.58. The van der Waals surface area contributed by atoms with Gasteiger partial charge in [-0.1, -0.05) is 6.42 Å². The molecule has 0 bridgehead atoms. The molecule has 0 aromatic carbocycles. The average Bonchev–Trinajstić information content (AvgIpc) is 2.78. The van der Waals surface area contributed by atoms with Crippen molar-refractivity contribution in [2.75, 3.05) is 12.8 Å². The second kappa shape index (κ2) is 5.18. The van der Waals surface area contributed by atoms with Gasteiger partial charge in [-0.25, -0.2) is 8.42 Å². The molecule has 0 N–H and O–H groups in total. The predicted molar refractivity (Wildman–Crippen MR) is 66.0 cm³/mol. The lowest BCUT2D eigenvalue weighted by atomic mass is 10.0. The Bertz CT molecular complexity index is 441. The molecule has 0 amide bonds. The third-order valence-electron chi connectivity index (χ3n) is 3.25. The Hall–Kier alpha value is -0.880. The van der Waals surface area contributed by atoms with Gasteiger partial charge < -0.3 is 0 Å². The van der Waals surface area contributed by atoms with Crippen molar-refractivity contribution < 1.29 is 8.42 Å². The summed E-state index contributed by atoms with van der Waals surface area (Å²) in [7, 11) is -3.06. The number of piperidine rings is 1. The fourth-order valence-corrected chi connectivity index (χ4v) is 3.63. The minimum atomic E-state index is -3.06. The van der Waals surface area contributed by atoms with E-state index in [1.165, 1.54) is 6.26 Å². The van der Waals surface area contributed by atoms with Crippen LogP contribution in [0.2, 0.25) is 0 Å². The summed E-state index contributed by atoms with van der Waals surface area (Å²) in [6.07, 6.45) is 8.87. The lowest BCUT2D eigenvalue weighted by molar-refractivity contribution is 0.233. The van der Waals surface area contributed by atoms with Crippen LogP contribution in [-0.2, 0) is 16.6 Å². The Labute approximate surface area is 102 Å². The van der Waals surface area contributed by atoms with Crippen molar-refractivity contribution >= 4 is 10.0 Å². The van der Waals surface area contributed by atoms with Gasteiger partial charge in [-0.2, -0.15) is 9.40 Å². The van der Waals surface area contributed by atoms with E-state index in [1.54, 1.807) is 10.5 Å². The number of hydrogen-bond donors (Lipinski definition) is 0. The molecule has 1 aliphatic heterocycles. The summed E-state index contributed by atoms with van der Waals surface area (Å²) in [5, 5.41) is 4.14. The Morgan fingerprint density at radius 2 is 2.24 bits per heavy atom. The van der Waals surface area contributed by atoms with E-state index in [-0.39, 0.29) is 6.04 Å². The minimum absolute atomic E-state index is 0.142. The van der Waals surface area contributed by atoms with E-state index < -0.39 is 10.0 Å². The maximum atomic E-state index is 11.7. The van der Waals surface area contributed by atoms with Crippen LogP contribution in [-0.4, -0.2) is 41.3 Å². The van der Waals surface area contributed by atoms with Gasteiger partial charge in [0.2, 0.25) is 10.0 Å². The van der Waals surface area contributed by atoms with Gasteiger partial charge in [-0.3, -0.25) is 4.68 Å². The number of rotatable bonds is 4. The number of aromatic nitrogens is 2. The van der Waals surface area contributed by atoms with Gasteiger partial charge in [0, 0.05) is 31.5 Å².